The van der Waals surface area contributed by atoms with Crippen molar-refractivity contribution < 1.29 is 8.76 Å². The molecular formula is C6H4N3O2S-. The molecule has 0 heterocycles. The molecule has 0 radical (unpaired) electrons. The molecule has 0 saturated carbocycles. The summed E-state index contributed by atoms with van der Waals surface area (Å²) in [7, 11) is 0. The minimum absolute atomic E-state index is 0.173. The molecule has 1 rings (SSSR count). The molecule has 1 aromatic carbocycles. The molecule has 5 nitrogen and oxygen atoms in total. The SMILES string of the molecule is [N-]=[N+]=Nc1ccc(S(=O)[O-])cc1. The van der Waals surface area contributed by atoms with Crippen LogP contribution in [0.25, 0.3) is 10.4 Å². The van der Waals surface area contributed by atoms with E-state index in [4.69, 9.17) is 5.53 Å². The Bertz CT molecular complexity index is 321. The lowest BCUT2D eigenvalue weighted by Crippen LogP contribution is -1.86. The Kier molecular flexibility index (Phi) is 2.82. The van der Waals surface area contributed by atoms with Crippen LogP contribution in [-0.4, -0.2) is 8.76 Å². The molecule has 0 saturated heterocycles. The van der Waals surface area contributed by atoms with Crippen LogP contribution in [0.3, 0.4) is 0 Å². The van der Waals surface area contributed by atoms with E-state index >= 15 is 0 Å². The first kappa shape index (κ1) is 8.73. The maximum absolute atomic E-state index is 10.4. The number of hydrogen-bond donors (Lipinski definition) is 0. The van der Waals surface area contributed by atoms with Gasteiger partial charge in [-0.1, -0.05) is 17.2 Å². The first-order valence-electron chi connectivity index (χ1n) is 2.98. The summed E-state index contributed by atoms with van der Waals surface area (Å²) in [5.74, 6) is 0. The van der Waals surface area contributed by atoms with Gasteiger partial charge in [-0.05, 0) is 28.7 Å². The average molecular weight is 182 g/mol. The Morgan fingerprint density at radius 1 is 1.42 bits per heavy atom. The van der Waals surface area contributed by atoms with Crippen LogP contribution in [-0.2, 0) is 11.1 Å². The fraction of sp³-hybridized carbons (Fsp3) is 0. The fourth-order valence-corrected chi connectivity index (χ4v) is 1.03. The van der Waals surface area contributed by atoms with Gasteiger partial charge >= 0.3 is 0 Å². The van der Waals surface area contributed by atoms with Gasteiger partial charge in [-0.15, -0.1) is 0 Å². The van der Waals surface area contributed by atoms with Gasteiger partial charge in [0.15, 0.2) is 0 Å². The summed E-state index contributed by atoms with van der Waals surface area (Å²) in [4.78, 5) is 2.72. The van der Waals surface area contributed by atoms with Crippen molar-refractivity contribution in [3.05, 3.63) is 34.7 Å². The summed E-state index contributed by atoms with van der Waals surface area (Å²) < 4.78 is 20.7. The zero-order valence-electron chi connectivity index (χ0n) is 5.88. The normalized spacial score (nSPS) is 11.8. The van der Waals surface area contributed by atoms with Crippen molar-refractivity contribution in [3.8, 4) is 0 Å². The lowest BCUT2D eigenvalue weighted by Gasteiger charge is -2.03. The predicted molar refractivity (Wildman–Crippen MR) is 42.4 cm³/mol. The Labute approximate surface area is 70.9 Å². The van der Waals surface area contributed by atoms with Crippen LogP contribution in [0.15, 0.2) is 34.3 Å². The van der Waals surface area contributed by atoms with Gasteiger partial charge in [0.2, 0.25) is 0 Å². The molecule has 0 N–H and O–H groups in total. The summed E-state index contributed by atoms with van der Waals surface area (Å²) in [6.07, 6.45) is 0. The molecule has 0 spiro atoms. The van der Waals surface area contributed by atoms with Crippen molar-refractivity contribution in [3.63, 3.8) is 0 Å². The number of rotatable bonds is 2. The van der Waals surface area contributed by atoms with E-state index in [0.29, 0.717) is 5.69 Å². The molecular weight excluding hydrogens is 178 g/mol. The largest absolute Gasteiger partial charge is 0.768 e. The summed E-state index contributed by atoms with van der Waals surface area (Å²) in [5.41, 5.74) is 8.43. The second-order valence-corrected chi connectivity index (χ2v) is 2.86. The van der Waals surface area contributed by atoms with E-state index in [2.05, 4.69) is 10.0 Å². The zero-order valence-corrected chi connectivity index (χ0v) is 6.69. The first-order chi connectivity index (χ1) is 5.74. The van der Waals surface area contributed by atoms with Crippen LogP contribution in [0, 0.1) is 0 Å². The summed E-state index contributed by atoms with van der Waals surface area (Å²) in [5, 5.41) is 3.29. The molecule has 0 aromatic heterocycles. The second-order valence-electron chi connectivity index (χ2n) is 1.92. The van der Waals surface area contributed by atoms with Crippen LogP contribution in [0.1, 0.15) is 0 Å². The number of hydrogen-bond acceptors (Lipinski definition) is 3. The third-order valence-electron chi connectivity index (χ3n) is 1.19. The lowest BCUT2D eigenvalue weighted by molar-refractivity contribution is 0.537. The van der Waals surface area contributed by atoms with E-state index < -0.39 is 11.1 Å². The molecule has 0 bridgehead atoms. The highest BCUT2D eigenvalue weighted by atomic mass is 32.2. The maximum atomic E-state index is 10.4. The van der Waals surface area contributed by atoms with Crippen LogP contribution < -0.4 is 0 Å². The molecule has 1 unspecified atom stereocenters. The number of nitrogens with zero attached hydrogens (tertiary/aromatic N) is 3. The smallest absolute Gasteiger partial charge is 0.0376 e. The standard InChI is InChI=1S/C6H5N3O2S/c7-9-8-5-1-3-6(4-2-5)12(10)11/h1-4H,(H,10,11)/p-1. The summed E-state index contributed by atoms with van der Waals surface area (Å²) >= 11 is -2.23. The number of benzene rings is 1. The fourth-order valence-electron chi connectivity index (χ4n) is 0.676. The van der Waals surface area contributed by atoms with Crippen molar-refractivity contribution in [2.24, 2.45) is 5.11 Å². The highest BCUT2D eigenvalue weighted by Gasteiger charge is 1.91. The van der Waals surface area contributed by atoms with Gasteiger partial charge in [-0.3, -0.25) is 4.21 Å². The summed E-state index contributed by atoms with van der Waals surface area (Å²) in [6, 6.07) is 5.61. The van der Waals surface area contributed by atoms with E-state index in [-0.39, 0.29) is 4.90 Å². The molecule has 12 heavy (non-hydrogen) atoms. The third-order valence-corrected chi connectivity index (χ3v) is 1.85. The van der Waals surface area contributed by atoms with E-state index in [1.54, 1.807) is 0 Å². The van der Waals surface area contributed by atoms with Crippen LogP contribution in [0.2, 0.25) is 0 Å². The van der Waals surface area contributed by atoms with E-state index in [0.717, 1.165) is 0 Å². The van der Waals surface area contributed by atoms with Gasteiger partial charge in [0, 0.05) is 15.5 Å². The van der Waals surface area contributed by atoms with Crippen molar-refractivity contribution >= 4 is 16.8 Å². The van der Waals surface area contributed by atoms with Crippen molar-refractivity contribution in [1.29, 1.82) is 0 Å². The van der Waals surface area contributed by atoms with Gasteiger partial charge in [0.25, 0.3) is 0 Å². The minimum Gasteiger partial charge on any atom is -0.768 e. The van der Waals surface area contributed by atoms with E-state index in [1.807, 2.05) is 0 Å². The molecule has 0 amide bonds. The molecule has 6 heteroatoms. The first-order valence-corrected chi connectivity index (χ1v) is 4.06. The Morgan fingerprint density at radius 2 is 2.00 bits per heavy atom. The van der Waals surface area contributed by atoms with Gasteiger partial charge in [-0.2, -0.15) is 0 Å². The lowest BCUT2D eigenvalue weighted by atomic mass is 10.3. The highest BCUT2D eigenvalue weighted by Crippen LogP contribution is 2.14. The van der Waals surface area contributed by atoms with Crippen LogP contribution in [0.5, 0.6) is 0 Å². The maximum Gasteiger partial charge on any atom is 0.0376 e. The number of azide groups is 1. The van der Waals surface area contributed by atoms with E-state index in [9.17, 15) is 8.76 Å². The summed E-state index contributed by atoms with van der Waals surface area (Å²) in [6.45, 7) is 0. The van der Waals surface area contributed by atoms with Gasteiger partial charge in [0.05, 0.1) is 0 Å². The average Bonchev–Trinajstić information content (AvgIpc) is 2.06. The Morgan fingerprint density at radius 3 is 2.42 bits per heavy atom. The Balaban J connectivity index is 3.00. The Hall–Kier alpha value is -1.36. The molecule has 1 atom stereocenters. The predicted octanol–water partition coefficient (Wildman–Crippen LogP) is 1.87. The van der Waals surface area contributed by atoms with E-state index in [1.165, 1.54) is 24.3 Å². The van der Waals surface area contributed by atoms with Crippen LogP contribution >= 0.6 is 0 Å². The van der Waals surface area contributed by atoms with Gasteiger partial charge < -0.3 is 4.55 Å². The molecule has 0 aliphatic rings. The molecule has 62 valence electrons. The van der Waals surface area contributed by atoms with Crippen molar-refractivity contribution in [2.75, 3.05) is 0 Å². The highest BCUT2D eigenvalue weighted by molar-refractivity contribution is 7.79. The third kappa shape index (κ3) is 2.06. The minimum atomic E-state index is -2.23. The van der Waals surface area contributed by atoms with Crippen LogP contribution in [0.4, 0.5) is 5.69 Å². The molecule has 0 aliphatic carbocycles. The zero-order chi connectivity index (χ0) is 8.97. The van der Waals surface area contributed by atoms with Crippen molar-refractivity contribution in [1.82, 2.24) is 0 Å². The molecule has 1 aromatic rings. The molecule has 0 fully saturated rings. The van der Waals surface area contributed by atoms with Crippen molar-refractivity contribution in [2.45, 2.75) is 4.90 Å². The van der Waals surface area contributed by atoms with Gasteiger partial charge in [-0.25, -0.2) is 0 Å². The molecule has 0 aliphatic heterocycles. The second kappa shape index (κ2) is 3.87. The monoisotopic (exact) mass is 182 g/mol. The topological polar surface area (TPSA) is 88.9 Å². The van der Waals surface area contributed by atoms with Gasteiger partial charge in [0.1, 0.15) is 0 Å². The quantitative estimate of drug-likeness (QED) is 0.302.